The molecule has 0 atom stereocenters. The second-order valence-electron chi connectivity index (χ2n) is 4.97. The molecule has 0 aliphatic heterocycles. The summed E-state index contributed by atoms with van der Waals surface area (Å²) in [5, 5.41) is 2.98. The van der Waals surface area contributed by atoms with Crippen LogP contribution in [0.15, 0.2) is 60.0 Å². The minimum absolute atomic E-state index is 0.00907. The van der Waals surface area contributed by atoms with E-state index in [1.165, 1.54) is 37.4 Å². The van der Waals surface area contributed by atoms with Gasteiger partial charge in [-0.2, -0.15) is 0 Å². The minimum Gasteiger partial charge on any atom is -0.495 e. The molecule has 0 bridgehead atoms. The summed E-state index contributed by atoms with van der Waals surface area (Å²) in [6.45, 7) is 3.84. The van der Waals surface area contributed by atoms with Gasteiger partial charge in [0.15, 0.2) is 0 Å². The quantitative estimate of drug-likeness (QED) is 0.723. The summed E-state index contributed by atoms with van der Waals surface area (Å²) in [4.78, 5) is 11.8. The van der Waals surface area contributed by atoms with Gasteiger partial charge >= 0.3 is 0 Å². The van der Waals surface area contributed by atoms with Gasteiger partial charge in [-0.1, -0.05) is 17.7 Å². The van der Waals surface area contributed by atoms with Crippen LogP contribution in [-0.4, -0.2) is 28.0 Å². The Kier molecular flexibility index (Phi) is 6.06. The van der Waals surface area contributed by atoms with Gasteiger partial charge in [-0.25, -0.2) is 8.42 Å². The van der Waals surface area contributed by atoms with Crippen molar-refractivity contribution >= 4 is 33.2 Å². The number of carbonyl (C=O) groups is 1. The third-order valence-corrected chi connectivity index (χ3v) is 4.86. The number of hydrogen-bond acceptors (Lipinski definition) is 4. The van der Waals surface area contributed by atoms with Crippen LogP contribution in [0.4, 0.5) is 5.69 Å². The lowest BCUT2D eigenvalue weighted by molar-refractivity contribution is 0.0958. The predicted molar refractivity (Wildman–Crippen MR) is 97.8 cm³/mol. The van der Waals surface area contributed by atoms with E-state index in [0.717, 1.165) is 0 Å². The first-order valence-electron chi connectivity index (χ1n) is 7.23. The fraction of sp³-hybridized carbons (Fsp3) is 0.118. The summed E-state index contributed by atoms with van der Waals surface area (Å²) in [5.41, 5.74) is 0.573. The molecule has 2 rings (SSSR count). The van der Waals surface area contributed by atoms with Crippen LogP contribution in [-0.2, 0) is 10.0 Å². The average Bonchev–Trinajstić information content (AvgIpc) is 2.59. The molecule has 0 saturated carbocycles. The van der Waals surface area contributed by atoms with E-state index in [1.54, 1.807) is 18.2 Å². The molecular weight excluding hydrogens is 364 g/mol. The number of rotatable bonds is 7. The van der Waals surface area contributed by atoms with Crippen molar-refractivity contribution < 1.29 is 17.9 Å². The van der Waals surface area contributed by atoms with Gasteiger partial charge in [0.05, 0.1) is 17.7 Å². The van der Waals surface area contributed by atoms with E-state index in [4.69, 9.17) is 16.3 Å². The van der Waals surface area contributed by atoms with Gasteiger partial charge in [-0.3, -0.25) is 9.52 Å². The lowest BCUT2D eigenvalue weighted by Crippen LogP contribution is -2.23. The van der Waals surface area contributed by atoms with Crippen LogP contribution in [0.5, 0.6) is 5.75 Å². The van der Waals surface area contributed by atoms with Gasteiger partial charge < -0.3 is 10.1 Å². The van der Waals surface area contributed by atoms with Crippen LogP contribution < -0.4 is 14.8 Å². The lowest BCUT2D eigenvalue weighted by Gasteiger charge is -2.12. The highest BCUT2D eigenvalue weighted by Crippen LogP contribution is 2.29. The predicted octanol–water partition coefficient (Wildman–Crippen LogP) is 3.07. The van der Waals surface area contributed by atoms with Crippen molar-refractivity contribution in [2.24, 2.45) is 0 Å². The first kappa shape index (κ1) is 18.8. The van der Waals surface area contributed by atoms with Crippen molar-refractivity contribution in [1.29, 1.82) is 0 Å². The second kappa shape index (κ2) is 8.04. The number of benzene rings is 2. The molecule has 0 aromatic heterocycles. The van der Waals surface area contributed by atoms with Crippen LogP contribution in [0.3, 0.4) is 0 Å². The molecule has 0 saturated heterocycles. The molecule has 25 heavy (non-hydrogen) atoms. The van der Waals surface area contributed by atoms with Gasteiger partial charge in [0.25, 0.3) is 15.9 Å². The van der Waals surface area contributed by atoms with Gasteiger partial charge in [0.2, 0.25) is 0 Å². The van der Waals surface area contributed by atoms with E-state index < -0.39 is 10.0 Å². The highest BCUT2D eigenvalue weighted by atomic mass is 35.5. The molecule has 0 aliphatic carbocycles. The molecule has 0 radical (unpaired) electrons. The summed E-state index contributed by atoms with van der Waals surface area (Å²) in [6, 6.07) is 10.2. The Morgan fingerprint density at radius 2 is 1.92 bits per heavy atom. The molecule has 2 aromatic rings. The number of sulfonamides is 1. The fourth-order valence-electron chi connectivity index (χ4n) is 2.02. The zero-order valence-corrected chi connectivity index (χ0v) is 15.0. The summed E-state index contributed by atoms with van der Waals surface area (Å²) in [6.07, 6.45) is 1.55. The number of ether oxygens (including phenoxy) is 1. The molecule has 132 valence electrons. The van der Waals surface area contributed by atoms with Gasteiger partial charge in [-0.05, 0) is 42.5 Å². The standard InChI is InChI=1S/C17H17ClN2O4S/c1-3-10-19-17(21)12-4-7-14(8-5-12)25(22,23)20-15-11-13(18)6-9-16(15)24-2/h3-9,11,20H,1,10H2,2H3,(H,19,21). The first-order chi connectivity index (χ1) is 11.9. The number of hydrogen-bond donors (Lipinski definition) is 2. The van der Waals surface area contributed by atoms with Crippen LogP contribution in [0.2, 0.25) is 5.02 Å². The van der Waals surface area contributed by atoms with Crippen molar-refractivity contribution in [2.45, 2.75) is 4.90 Å². The Hall–Kier alpha value is -2.51. The first-order valence-corrected chi connectivity index (χ1v) is 9.09. The lowest BCUT2D eigenvalue weighted by atomic mass is 10.2. The number of methoxy groups -OCH3 is 1. The number of halogens is 1. The summed E-state index contributed by atoms with van der Waals surface area (Å²) in [7, 11) is -2.43. The van der Waals surface area contributed by atoms with Crippen molar-refractivity contribution in [3.05, 3.63) is 65.7 Å². The molecule has 2 aromatic carbocycles. The summed E-state index contributed by atoms with van der Waals surface area (Å²) >= 11 is 5.90. The maximum Gasteiger partial charge on any atom is 0.262 e. The van der Waals surface area contributed by atoms with Crippen LogP contribution in [0, 0.1) is 0 Å². The summed E-state index contributed by atoms with van der Waals surface area (Å²) < 4.78 is 32.6. The number of nitrogens with one attached hydrogen (secondary N) is 2. The second-order valence-corrected chi connectivity index (χ2v) is 7.09. The monoisotopic (exact) mass is 380 g/mol. The van der Waals surface area contributed by atoms with Crippen molar-refractivity contribution in [1.82, 2.24) is 5.32 Å². The van der Waals surface area contributed by atoms with E-state index in [-0.39, 0.29) is 16.5 Å². The molecule has 0 unspecified atom stereocenters. The van der Waals surface area contributed by atoms with Gasteiger partial charge in [0.1, 0.15) is 5.75 Å². The van der Waals surface area contributed by atoms with Gasteiger partial charge in [-0.15, -0.1) is 6.58 Å². The Bertz CT molecular complexity index is 880. The zero-order valence-electron chi connectivity index (χ0n) is 13.5. The average molecular weight is 381 g/mol. The molecule has 2 N–H and O–H groups in total. The Morgan fingerprint density at radius 3 is 2.52 bits per heavy atom. The van der Waals surface area contributed by atoms with Gasteiger partial charge in [0, 0.05) is 17.1 Å². The van der Waals surface area contributed by atoms with Crippen LogP contribution >= 0.6 is 11.6 Å². The Balaban J connectivity index is 2.24. The SMILES string of the molecule is C=CCNC(=O)c1ccc(S(=O)(=O)Nc2cc(Cl)ccc2OC)cc1. The number of carbonyl (C=O) groups excluding carboxylic acids is 1. The van der Waals surface area contributed by atoms with Crippen molar-refractivity contribution in [2.75, 3.05) is 18.4 Å². The van der Waals surface area contributed by atoms with Crippen LogP contribution in [0.1, 0.15) is 10.4 Å². The van der Waals surface area contributed by atoms with E-state index in [2.05, 4.69) is 16.6 Å². The van der Waals surface area contributed by atoms with Crippen molar-refractivity contribution in [3.8, 4) is 5.75 Å². The third-order valence-electron chi connectivity index (χ3n) is 3.24. The number of anilines is 1. The van der Waals surface area contributed by atoms with Crippen molar-refractivity contribution in [3.63, 3.8) is 0 Å². The Morgan fingerprint density at radius 1 is 1.24 bits per heavy atom. The summed E-state index contributed by atoms with van der Waals surface area (Å²) in [5.74, 6) is 0.0294. The molecule has 8 heteroatoms. The Labute approximate surface area is 151 Å². The molecular formula is C17H17ClN2O4S. The zero-order chi connectivity index (χ0) is 18.4. The number of amides is 1. The maximum absolute atomic E-state index is 12.5. The van der Waals surface area contributed by atoms with E-state index in [9.17, 15) is 13.2 Å². The maximum atomic E-state index is 12.5. The largest absolute Gasteiger partial charge is 0.495 e. The normalized spacial score (nSPS) is 10.8. The molecule has 0 aliphatic rings. The van der Waals surface area contributed by atoms with E-state index >= 15 is 0 Å². The molecule has 0 spiro atoms. The third kappa shape index (κ3) is 4.74. The van der Waals surface area contributed by atoms with E-state index in [1.807, 2.05) is 0 Å². The molecule has 6 nitrogen and oxygen atoms in total. The molecule has 0 heterocycles. The molecule has 0 fully saturated rings. The highest BCUT2D eigenvalue weighted by molar-refractivity contribution is 7.92. The smallest absolute Gasteiger partial charge is 0.262 e. The topological polar surface area (TPSA) is 84.5 Å². The fourth-order valence-corrected chi connectivity index (χ4v) is 3.25. The van der Waals surface area contributed by atoms with Crippen LogP contribution in [0.25, 0.3) is 0 Å². The van der Waals surface area contributed by atoms with E-state index in [0.29, 0.717) is 22.9 Å². The highest BCUT2D eigenvalue weighted by Gasteiger charge is 2.17. The molecule has 1 amide bonds. The minimum atomic E-state index is -3.86.